The van der Waals surface area contributed by atoms with Crippen molar-refractivity contribution in [2.75, 3.05) is 5.73 Å². The Morgan fingerprint density at radius 1 is 1.00 bits per heavy atom. The van der Waals surface area contributed by atoms with Gasteiger partial charge in [-0.2, -0.15) is 5.26 Å². The highest BCUT2D eigenvalue weighted by atomic mass is 16.2. The second kappa shape index (κ2) is 6.26. The molecule has 0 fully saturated rings. The standard InChI is InChI=1S/C16H14N4O/c1-11(13-4-2-12(10-17)3-5-13)19-20-16(21)14-6-8-15(18)9-7-14/h2-9,19H,1,18H2,(H,20,21). The molecule has 104 valence electrons. The van der Waals surface area contributed by atoms with Gasteiger partial charge in [-0.3, -0.25) is 15.6 Å². The Kier molecular flexibility index (Phi) is 4.22. The van der Waals surface area contributed by atoms with Crippen LogP contribution in [0.15, 0.2) is 55.1 Å². The van der Waals surface area contributed by atoms with Crippen LogP contribution in [0.2, 0.25) is 0 Å². The van der Waals surface area contributed by atoms with Gasteiger partial charge < -0.3 is 5.73 Å². The molecule has 0 spiro atoms. The summed E-state index contributed by atoms with van der Waals surface area (Å²) in [4.78, 5) is 11.9. The first-order chi connectivity index (χ1) is 10.1. The van der Waals surface area contributed by atoms with E-state index in [0.29, 0.717) is 22.5 Å². The summed E-state index contributed by atoms with van der Waals surface area (Å²) in [6, 6.07) is 15.5. The highest BCUT2D eigenvalue weighted by Crippen LogP contribution is 2.10. The summed E-state index contributed by atoms with van der Waals surface area (Å²) in [5, 5.41) is 8.73. The molecule has 2 aromatic rings. The number of hydrogen-bond acceptors (Lipinski definition) is 4. The van der Waals surface area contributed by atoms with Gasteiger partial charge in [0.15, 0.2) is 0 Å². The zero-order valence-corrected chi connectivity index (χ0v) is 11.3. The van der Waals surface area contributed by atoms with Gasteiger partial charge in [0.1, 0.15) is 0 Å². The average Bonchev–Trinajstić information content (AvgIpc) is 2.53. The van der Waals surface area contributed by atoms with Gasteiger partial charge >= 0.3 is 0 Å². The molecule has 0 heterocycles. The Bertz CT molecular complexity index is 697. The second-order valence-corrected chi connectivity index (χ2v) is 4.37. The van der Waals surface area contributed by atoms with E-state index < -0.39 is 0 Å². The molecule has 0 aliphatic carbocycles. The minimum absolute atomic E-state index is 0.287. The van der Waals surface area contributed by atoms with Gasteiger partial charge in [-0.15, -0.1) is 0 Å². The van der Waals surface area contributed by atoms with Crippen molar-refractivity contribution in [3.8, 4) is 6.07 Å². The molecule has 0 bridgehead atoms. The molecule has 0 radical (unpaired) electrons. The third-order valence-electron chi connectivity index (χ3n) is 2.86. The fourth-order valence-electron chi connectivity index (χ4n) is 1.66. The van der Waals surface area contributed by atoms with Crippen molar-refractivity contribution >= 4 is 17.3 Å². The maximum atomic E-state index is 11.9. The monoisotopic (exact) mass is 278 g/mol. The molecule has 0 saturated heterocycles. The zero-order valence-electron chi connectivity index (χ0n) is 11.3. The summed E-state index contributed by atoms with van der Waals surface area (Å²) in [5.74, 6) is -0.287. The summed E-state index contributed by atoms with van der Waals surface area (Å²) in [5.41, 5.74) is 13.8. The van der Waals surface area contributed by atoms with Crippen LogP contribution in [0.25, 0.3) is 5.70 Å². The number of nitrogen functional groups attached to an aromatic ring is 1. The highest BCUT2D eigenvalue weighted by Gasteiger charge is 2.05. The number of nitrogens with one attached hydrogen (secondary N) is 2. The van der Waals surface area contributed by atoms with Crippen LogP contribution in [-0.4, -0.2) is 5.91 Å². The van der Waals surface area contributed by atoms with Gasteiger partial charge in [-0.1, -0.05) is 18.7 Å². The first kappa shape index (κ1) is 14.2. The smallest absolute Gasteiger partial charge is 0.269 e. The van der Waals surface area contributed by atoms with Gasteiger partial charge in [-0.05, 0) is 42.0 Å². The Labute approximate surface area is 122 Å². The lowest BCUT2D eigenvalue weighted by Crippen LogP contribution is -2.35. The number of rotatable bonds is 4. The molecule has 0 unspecified atom stereocenters. The summed E-state index contributed by atoms with van der Waals surface area (Å²) in [7, 11) is 0. The number of carbonyl (C=O) groups is 1. The quantitative estimate of drug-likeness (QED) is 0.589. The topological polar surface area (TPSA) is 90.9 Å². The molecule has 5 heteroatoms. The Morgan fingerprint density at radius 3 is 2.14 bits per heavy atom. The Morgan fingerprint density at radius 2 is 1.57 bits per heavy atom. The lowest BCUT2D eigenvalue weighted by molar-refractivity contribution is 0.0942. The number of anilines is 1. The number of amides is 1. The highest BCUT2D eigenvalue weighted by molar-refractivity contribution is 5.94. The average molecular weight is 278 g/mol. The second-order valence-electron chi connectivity index (χ2n) is 4.37. The van der Waals surface area contributed by atoms with Crippen molar-refractivity contribution in [3.63, 3.8) is 0 Å². The molecule has 0 aliphatic heterocycles. The van der Waals surface area contributed by atoms with Crippen molar-refractivity contribution in [2.24, 2.45) is 0 Å². The number of hydrogen-bond donors (Lipinski definition) is 3. The van der Waals surface area contributed by atoms with Crippen LogP contribution in [0.1, 0.15) is 21.5 Å². The van der Waals surface area contributed by atoms with Crippen molar-refractivity contribution < 1.29 is 4.79 Å². The van der Waals surface area contributed by atoms with E-state index in [2.05, 4.69) is 17.4 Å². The first-order valence-electron chi connectivity index (χ1n) is 6.21. The summed E-state index contributed by atoms with van der Waals surface area (Å²) < 4.78 is 0. The summed E-state index contributed by atoms with van der Waals surface area (Å²) >= 11 is 0. The van der Waals surface area contributed by atoms with Gasteiger partial charge in [0.2, 0.25) is 0 Å². The number of nitrogens with zero attached hydrogens (tertiary/aromatic N) is 1. The molecule has 2 rings (SSSR count). The first-order valence-corrected chi connectivity index (χ1v) is 6.21. The van der Waals surface area contributed by atoms with E-state index >= 15 is 0 Å². The minimum atomic E-state index is -0.287. The molecule has 21 heavy (non-hydrogen) atoms. The van der Waals surface area contributed by atoms with Gasteiger partial charge in [-0.25, -0.2) is 0 Å². The lowest BCUT2D eigenvalue weighted by atomic mass is 10.1. The number of carbonyl (C=O) groups excluding carboxylic acids is 1. The van der Waals surface area contributed by atoms with Crippen LogP contribution in [0.5, 0.6) is 0 Å². The molecule has 0 aliphatic rings. The van der Waals surface area contributed by atoms with E-state index in [9.17, 15) is 4.79 Å². The SMILES string of the molecule is C=C(NNC(=O)c1ccc(N)cc1)c1ccc(C#N)cc1. The van der Waals surface area contributed by atoms with Crippen LogP contribution in [-0.2, 0) is 0 Å². The van der Waals surface area contributed by atoms with E-state index in [1.165, 1.54) is 0 Å². The van der Waals surface area contributed by atoms with Crippen LogP contribution in [0, 0.1) is 11.3 Å². The van der Waals surface area contributed by atoms with Crippen molar-refractivity contribution in [1.29, 1.82) is 5.26 Å². The predicted octanol–water partition coefficient (Wildman–Crippen LogP) is 2.05. The van der Waals surface area contributed by atoms with Crippen molar-refractivity contribution in [1.82, 2.24) is 10.9 Å². The number of benzene rings is 2. The molecule has 2 aromatic carbocycles. The van der Waals surface area contributed by atoms with Crippen LogP contribution in [0.3, 0.4) is 0 Å². The molecule has 0 aromatic heterocycles. The largest absolute Gasteiger partial charge is 0.399 e. The summed E-state index contributed by atoms with van der Waals surface area (Å²) in [6.07, 6.45) is 0. The molecule has 1 amide bonds. The molecule has 5 nitrogen and oxygen atoms in total. The van der Waals surface area contributed by atoms with Gasteiger partial charge in [0.25, 0.3) is 5.91 Å². The minimum Gasteiger partial charge on any atom is -0.399 e. The third-order valence-corrected chi connectivity index (χ3v) is 2.86. The molecule has 4 N–H and O–H groups in total. The van der Waals surface area contributed by atoms with Crippen molar-refractivity contribution in [3.05, 3.63) is 71.8 Å². The van der Waals surface area contributed by atoms with E-state index in [1.54, 1.807) is 48.5 Å². The van der Waals surface area contributed by atoms with Crippen LogP contribution in [0.4, 0.5) is 5.69 Å². The van der Waals surface area contributed by atoms with E-state index in [-0.39, 0.29) is 5.91 Å². The maximum Gasteiger partial charge on any atom is 0.269 e. The van der Waals surface area contributed by atoms with Crippen LogP contribution >= 0.6 is 0 Å². The fourth-order valence-corrected chi connectivity index (χ4v) is 1.66. The van der Waals surface area contributed by atoms with E-state index in [0.717, 1.165) is 5.56 Å². The predicted molar refractivity (Wildman–Crippen MR) is 81.6 cm³/mol. The van der Waals surface area contributed by atoms with Gasteiger partial charge in [0.05, 0.1) is 17.3 Å². The van der Waals surface area contributed by atoms with Crippen molar-refractivity contribution in [2.45, 2.75) is 0 Å². The lowest BCUT2D eigenvalue weighted by Gasteiger charge is -2.11. The third kappa shape index (κ3) is 3.61. The molecular weight excluding hydrogens is 264 g/mol. The number of nitriles is 1. The Balaban J connectivity index is 1.95. The summed E-state index contributed by atoms with van der Waals surface area (Å²) in [6.45, 7) is 3.83. The molecule has 0 saturated carbocycles. The van der Waals surface area contributed by atoms with Crippen LogP contribution < -0.4 is 16.6 Å². The maximum absolute atomic E-state index is 11.9. The Hall–Kier alpha value is -3.26. The normalized spacial score (nSPS) is 9.48. The number of hydrazine groups is 1. The molecule has 0 atom stereocenters. The fraction of sp³-hybridized carbons (Fsp3) is 0. The number of nitrogens with two attached hydrogens (primary N) is 1. The zero-order chi connectivity index (χ0) is 15.2. The van der Waals surface area contributed by atoms with Gasteiger partial charge in [0, 0.05) is 11.3 Å². The molecular formula is C16H14N4O. The van der Waals surface area contributed by atoms with E-state index in [1.807, 2.05) is 6.07 Å². The van der Waals surface area contributed by atoms with E-state index in [4.69, 9.17) is 11.0 Å².